The molecule has 0 radical (unpaired) electrons. The number of carbonyl (C=O) groups excluding carboxylic acids is 1. The number of benzene rings is 3. The molecule has 2 aromatic heterocycles. The standard InChI is InChI=1S/C32H28F3N7O2/c1-41(2)17-20-3-7-25(8-4-20)39-32-38-14-23-11-21(6-10-29(23)40-32)12-24(33)15-37-30(43)26-16-36-19-42(31(26)44)18-22-5-9-27(34)28(35)13-22/h3-14,16,19H,15,17-18H2,1-2H3,(H,37,43)(H,38,39,40). The summed E-state index contributed by atoms with van der Waals surface area (Å²) in [6.45, 7) is 0.235. The molecular weight excluding hydrogens is 571 g/mol. The van der Waals surface area contributed by atoms with Crippen molar-refractivity contribution >= 4 is 34.5 Å². The zero-order chi connectivity index (χ0) is 31.2. The first-order valence-corrected chi connectivity index (χ1v) is 13.5. The largest absolute Gasteiger partial charge is 0.345 e. The highest BCUT2D eigenvalue weighted by molar-refractivity contribution is 5.93. The molecule has 5 rings (SSSR count). The Balaban J connectivity index is 1.21. The zero-order valence-corrected chi connectivity index (χ0v) is 23.9. The van der Waals surface area contributed by atoms with Gasteiger partial charge in [0.2, 0.25) is 5.95 Å². The Morgan fingerprint density at radius 1 is 0.977 bits per heavy atom. The van der Waals surface area contributed by atoms with E-state index in [1.54, 1.807) is 24.4 Å². The van der Waals surface area contributed by atoms with Crippen molar-refractivity contribution in [2.24, 2.45) is 0 Å². The van der Waals surface area contributed by atoms with Gasteiger partial charge in [-0.05, 0) is 73.3 Å². The highest BCUT2D eigenvalue weighted by Gasteiger charge is 2.14. The average Bonchev–Trinajstić information content (AvgIpc) is 2.99. The van der Waals surface area contributed by atoms with E-state index in [0.29, 0.717) is 28.0 Å². The molecule has 12 heteroatoms. The molecule has 0 bridgehead atoms. The molecule has 1 amide bonds. The smallest absolute Gasteiger partial charge is 0.266 e. The summed E-state index contributed by atoms with van der Waals surface area (Å²) in [4.78, 5) is 40.3. The predicted molar refractivity (Wildman–Crippen MR) is 162 cm³/mol. The lowest BCUT2D eigenvalue weighted by Gasteiger charge is -2.11. The third-order valence-corrected chi connectivity index (χ3v) is 6.54. The fourth-order valence-electron chi connectivity index (χ4n) is 4.44. The molecule has 44 heavy (non-hydrogen) atoms. The summed E-state index contributed by atoms with van der Waals surface area (Å²) in [5, 5.41) is 6.24. The molecule has 0 fully saturated rings. The van der Waals surface area contributed by atoms with E-state index in [-0.39, 0.29) is 12.1 Å². The van der Waals surface area contributed by atoms with Crippen LogP contribution >= 0.6 is 0 Å². The molecule has 2 N–H and O–H groups in total. The summed E-state index contributed by atoms with van der Waals surface area (Å²) in [7, 11) is 4.02. The van der Waals surface area contributed by atoms with Crippen LogP contribution in [0.3, 0.4) is 0 Å². The number of nitrogens with zero attached hydrogens (tertiary/aromatic N) is 5. The zero-order valence-electron chi connectivity index (χ0n) is 23.9. The van der Waals surface area contributed by atoms with Gasteiger partial charge < -0.3 is 15.5 Å². The molecule has 0 atom stereocenters. The molecule has 224 valence electrons. The van der Waals surface area contributed by atoms with Crippen molar-refractivity contribution in [3.8, 4) is 0 Å². The fraction of sp³-hybridized carbons (Fsp3) is 0.156. The maximum Gasteiger partial charge on any atom is 0.266 e. The van der Waals surface area contributed by atoms with E-state index in [4.69, 9.17) is 0 Å². The lowest BCUT2D eigenvalue weighted by Crippen LogP contribution is -2.34. The second-order valence-corrected chi connectivity index (χ2v) is 10.3. The topological polar surface area (TPSA) is 105 Å². The van der Waals surface area contributed by atoms with E-state index in [1.807, 2.05) is 38.4 Å². The van der Waals surface area contributed by atoms with E-state index < -0.39 is 35.5 Å². The summed E-state index contributed by atoms with van der Waals surface area (Å²) >= 11 is 0. The lowest BCUT2D eigenvalue weighted by molar-refractivity contribution is 0.0952. The number of anilines is 2. The molecule has 0 aliphatic carbocycles. The number of nitrogens with one attached hydrogen (secondary N) is 2. The Bertz CT molecular complexity index is 1910. The van der Waals surface area contributed by atoms with Crippen LogP contribution < -0.4 is 16.2 Å². The number of amides is 1. The van der Waals surface area contributed by atoms with Crippen LogP contribution in [0.1, 0.15) is 27.0 Å². The SMILES string of the molecule is CN(C)Cc1ccc(Nc2ncc3cc(C=C(F)CNC(=O)c4cncn(Cc5ccc(F)c(F)c5)c4=O)ccc3n2)cc1. The summed E-state index contributed by atoms with van der Waals surface area (Å²) in [6.07, 6.45) is 5.13. The van der Waals surface area contributed by atoms with Crippen molar-refractivity contribution < 1.29 is 18.0 Å². The molecule has 0 saturated carbocycles. The van der Waals surface area contributed by atoms with Gasteiger partial charge in [-0.25, -0.2) is 28.1 Å². The minimum Gasteiger partial charge on any atom is -0.345 e. The van der Waals surface area contributed by atoms with Gasteiger partial charge >= 0.3 is 0 Å². The molecular formula is C32H28F3N7O2. The van der Waals surface area contributed by atoms with Gasteiger partial charge in [0, 0.05) is 30.0 Å². The number of halogens is 3. The number of aromatic nitrogens is 4. The Hall–Kier alpha value is -5.36. The first-order chi connectivity index (χ1) is 21.1. The van der Waals surface area contributed by atoms with Crippen molar-refractivity contribution in [3.63, 3.8) is 0 Å². The van der Waals surface area contributed by atoms with E-state index in [0.717, 1.165) is 35.1 Å². The number of carbonyl (C=O) groups is 1. The van der Waals surface area contributed by atoms with Gasteiger partial charge in [-0.15, -0.1) is 0 Å². The van der Waals surface area contributed by atoms with Crippen molar-refractivity contribution in [3.05, 3.63) is 129 Å². The third kappa shape index (κ3) is 7.53. The molecule has 0 saturated heterocycles. The summed E-state index contributed by atoms with van der Waals surface area (Å²) in [5.74, 6) is -3.13. The van der Waals surface area contributed by atoms with Crippen molar-refractivity contribution in [2.45, 2.75) is 13.1 Å². The number of fused-ring (bicyclic) bond motifs is 1. The van der Waals surface area contributed by atoms with Crippen LogP contribution in [0, 0.1) is 11.6 Å². The molecule has 0 aliphatic rings. The van der Waals surface area contributed by atoms with Crippen LogP contribution in [0.4, 0.5) is 24.8 Å². The van der Waals surface area contributed by atoms with Crippen LogP contribution in [-0.4, -0.2) is 51.0 Å². The third-order valence-electron chi connectivity index (χ3n) is 6.54. The van der Waals surface area contributed by atoms with Crippen LogP contribution in [0.25, 0.3) is 17.0 Å². The minimum atomic E-state index is -1.06. The molecule has 5 aromatic rings. The highest BCUT2D eigenvalue weighted by Crippen LogP contribution is 2.20. The van der Waals surface area contributed by atoms with Crippen molar-refractivity contribution in [1.29, 1.82) is 0 Å². The van der Waals surface area contributed by atoms with E-state index in [1.165, 1.54) is 24.0 Å². The van der Waals surface area contributed by atoms with Gasteiger partial charge in [0.15, 0.2) is 11.6 Å². The Morgan fingerprint density at radius 2 is 1.75 bits per heavy atom. The highest BCUT2D eigenvalue weighted by atomic mass is 19.2. The number of rotatable bonds is 10. The Labute approximate surface area is 250 Å². The van der Waals surface area contributed by atoms with E-state index >= 15 is 0 Å². The second-order valence-electron chi connectivity index (χ2n) is 10.3. The number of hydrogen-bond donors (Lipinski definition) is 2. The summed E-state index contributed by atoms with van der Waals surface area (Å²) in [6, 6.07) is 16.3. The fourth-order valence-corrected chi connectivity index (χ4v) is 4.44. The first kappa shape index (κ1) is 30.1. The molecule has 0 spiro atoms. The van der Waals surface area contributed by atoms with Gasteiger partial charge in [-0.2, -0.15) is 0 Å². The Kier molecular flexibility index (Phi) is 9.10. The van der Waals surface area contributed by atoms with Gasteiger partial charge in [0.25, 0.3) is 11.5 Å². The van der Waals surface area contributed by atoms with Crippen molar-refractivity contribution in [2.75, 3.05) is 26.0 Å². The maximum atomic E-state index is 14.7. The first-order valence-electron chi connectivity index (χ1n) is 13.5. The van der Waals surface area contributed by atoms with Crippen LogP contribution in [0.2, 0.25) is 0 Å². The molecule has 2 heterocycles. The molecule has 3 aromatic carbocycles. The molecule has 9 nitrogen and oxygen atoms in total. The monoisotopic (exact) mass is 599 g/mol. The molecule has 0 unspecified atom stereocenters. The van der Waals surface area contributed by atoms with Crippen molar-refractivity contribution in [1.82, 2.24) is 29.7 Å². The van der Waals surface area contributed by atoms with Crippen LogP contribution in [0.5, 0.6) is 0 Å². The maximum absolute atomic E-state index is 14.7. The Morgan fingerprint density at radius 3 is 2.50 bits per heavy atom. The van der Waals surface area contributed by atoms with E-state index in [2.05, 4.69) is 30.5 Å². The predicted octanol–water partition coefficient (Wildman–Crippen LogP) is 5.06. The van der Waals surface area contributed by atoms with Gasteiger partial charge in [0.1, 0.15) is 11.4 Å². The normalized spacial score (nSPS) is 11.6. The van der Waals surface area contributed by atoms with E-state index in [9.17, 15) is 22.8 Å². The molecule has 0 aliphatic heterocycles. The lowest BCUT2D eigenvalue weighted by atomic mass is 10.1. The second kappa shape index (κ2) is 13.3. The minimum absolute atomic E-state index is 0.133. The summed E-state index contributed by atoms with van der Waals surface area (Å²) in [5.41, 5.74) is 2.50. The van der Waals surface area contributed by atoms with Crippen LogP contribution in [0.15, 0.2) is 90.0 Å². The average molecular weight is 600 g/mol. The van der Waals surface area contributed by atoms with Gasteiger partial charge in [0.05, 0.1) is 24.9 Å². The summed E-state index contributed by atoms with van der Waals surface area (Å²) < 4.78 is 42.6. The van der Waals surface area contributed by atoms with Gasteiger partial charge in [-0.1, -0.05) is 24.3 Å². The van der Waals surface area contributed by atoms with Gasteiger partial charge in [-0.3, -0.25) is 14.2 Å². The quantitative estimate of drug-likeness (QED) is 0.231. The van der Waals surface area contributed by atoms with Crippen LogP contribution in [-0.2, 0) is 13.1 Å². The number of hydrogen-bond acceptors (Lipinski definition) is 7.